The van der Waals surface area contributed by atoms with E-state index < -0.39 is 0 Å². The van der Waals surface area contributed by atoms with Crippen molar-refractivity contribution in [2.75, 3.05) is 19.8 Å². The van der Waals surface area contributed by atoms with Crippen LogP contribution < -0.4 is 9.47 Å². The molecular weight excluding hydrogens is 364 g/mol. The molecule has 0 saturated carbocycles. The van der Waals surface area contributed by atoms with Crippen LogP contribution in [0, 0.1) is 5.92 Å². The van der Waals surface area contributed by atoms with Crippen molar-refractivity contribution in [3.8, 4) is 11.5 Å². The van der Waals surface area contributed by atoms with Crippen LogP contribution in [0.4, 0.5) is 0 Å². The first kappa shape index (κ1) is 19.2. The molecule has 1 aliphatic rings. The minimum atomic E-state index is -0.0116. The highest BCUT2D eigenvalue weighted by Crippen LogP contribution is 2.31. The number of fused-ring (bicyclic) bond motifs is 2. The predicted octanol–water partition coefficient (Wildman–Crippen LogP) is 4.69. The van der Waals surface area contributed by atoms with Crippen LogP contribution in [0.5, 0.6) is 11.5 Å². The number of rotatable bonds is 5. The number of carbonyl (C=O) groups excluding carboxylic acids is 1. The highest BCUT2D eigenvalue weighted by molar-refractivity contribution is 5.95. The topological polar surface area (TPSA) is 51.7 Å². The normalized spacial score (nSPS) is 13.3. The van der Waals surface area contributed by atoms with E-state index in [4.69, 9.17) is 9.47 Å². The van der Waals surface area contributed by atoms with Gasteiger partial charge in [0, 0.05) is 36.7 Å². The quantitative estimate of drug-likeness (QED) is 0.634. The van der Waals surface area contributed by atoms with Crippen LogP contribution in [-0.4, -0.2) is 35.5 Å². The molecule has 1 aromatic heterocycles. The molecule has 0 aliphatic carbocycles. The van der Waals surface area contributed by atoms with Crippen molar-refractivity contribution >= 4 is 16.8 Å². The third kappa shape index (κ3) is 4.50. The lowest BCUT2D eigenvalue weighted by Crippen LogP contribution is -2.33. The molecule has 1 amide bonds. The first-order valence-corrected chi connectivity index (χ1v) is 10.1. The fourth-order valence-electron chi connectivity index (χ4n) is 3.56. The molecule has 2 heterocycles. The van der Waals surface area contributed by atoms with Crippen molar-refractivity contribution in [2.24, 2.45) is 5.92 Å². The summed E-state index contributed by atoms with van der Waals surface area (Å²) in [7, 11) is 0. The largest absolute Gasteiger partial charge is 0.490 e. The maximum atomic E-state index is 13.3. The van der Waals surface area contributed by atoms with Gasteiger partial charge in [0.2, 0.25) is 0 Å². The summed E-state index contributed by atoms with van der Waals surface area (Å²) in [5.41, 5.74) is 2.59. The minimum Gasteiger partial charge on any atom is -0.490 e. The van der Waals surface area contributed by atoms with Crippen molar-refractivity contribution in [2.45, 2.75) is 26.8 Å². The van der Waals surface area contributed by atoms with Crippen LogP contribution in [0.3, 0.4) is 0 Å². The number of hydrogen-bond donors (Lipinski definition) is 0. The molecule has 4 rings (SSSR count). The monoisotopic (exact) mass is 390 g/mol. The van der Waals surface area contributed by atoms with E-state index in [1.54, 1.807) is 6.07 Å². The first-order chi connectivity index (χ1) is 14.1. The standard InChI is InChI=1S/C24H26N2O3/c1-17(2)15-26(16-18-12-19-6-3-4-7-21(19)25-14-18)24(27)20-8-9-22-23(13-20)29-11-5-10-28-22/h3-4,6-9,12-14,17H,5,10-11,15-16H2,1-2H3. The number of carbonyl (C=O) groups is 1. The van der Waals surface area contributed by atoms with Gasteiger partial charge in [0.1, 0.15) is 0 Å². The smallest absolute Gasteiger partial charge is 0.254 e. The van der Waals surface area contributed by atoms with E-state index >= 15 is 0 Å². The zero-order chi connectivity index (χ0) is 20.2. The fraction of sp³-hybridized carbons (Fsp3) is 0.333. The SMILES string of the molecule is CC(C)CN(Cc1cnc2ccccc2c1)C(=O)c1ccc2c(c1)OCCCO2. The van der Waals surface area contributed by atoms with Gasteiger partial charge in [-0.2, -0.15) is 0 Å². The van der Waals surface area contributed by atoms with E-state index in [0.717, 1.165) is 22.9 Å². The van der Waals surface area contributed by atoms with Crippen LogP contribution in [0.1, 0.15) is 36.2 Å². The van der Waals surface area contributed by atoms with Gasteiger partial charge in [-0.3, -0.25) is 9.78 Å². The van der Waals surface area contributed by atoms with E-state index in [1.807, 2.05) is 47.5 Å². The Kier molecular flexibility index (Phi) is 5.65. The average molecular weight is 390 g/mol. The van der Waals surface area contributed by atoms with Crippen molar-refractivity contribution < 1.29 is 14.3 Å². The highest BCUT2D eigenvalue weighted by atomic mass is 16.5. The van der Waals surface area contributed by atoms with E-state index in [-0.39, 0.29) is 5.91 Å². The van der Waals surface area contributed by atoms with Gasteiger partial charge >= 0.3 is 0 Å². The average Bonchev–Trinajstić information content (AvgIpc) is 2.97. The molecule has 2 aromatic carbocycles. The summed E-state index contributed by atoms with van der Waals surface area (Å²) in [6, 6.07) is 15.6. The van der Waals surface area contributed by atoms with Crippen LogP contribution in [-0.2, 0) is 6.54 Å². The number of aromatic nitrogens is 1. The Morgan fingerprint density at radius 3 is 2.69 bits per heavy atom. The summed E-state index contributed by atoms with van der Waals surface area (Å²) >= 11 is 0. The van der Waals surface area contributed by atoms with Gasteiger partial charge in [-0.1, -0.05) is 32.0 Å². The molecule has 0 unspecified atom stereocenters. The van der Waals surface area contributed by atoms with Crippen LogP contribution >= 0.6 is 0 Å². The van der Waals surface area contributed by atoms with E-state index in [1.165, 1.54) is 0 Å². The number of benzene rings is 2. The number of amides is 1. The summed E-state index contributed by atoms with van der Waals surface area (Å²) in [6.45, 7) is 6.65. The lowest BCUT2D eigenvalue weighted by Gasteiger charge is -2.25. The molecule has 0 spiro atoms. The summed E-state index contributed by atoms with van der Waals surface area (Å²) in [5.74, 6) is 1.69. The molecule has 0 saturated heterocycles. The second-order valence-electron chi connectivity index (χ2n) is 7.83. The van der Waals surface area contributed by atoms with Crippen LogP contribution in [0.25, 0.3) is 10.9 Å². The Balaban J connectivity index is 1.60. The van der Waals surface area contributed by atoms with Gasteiger partial charge in [0.25, 0.3) is 5.91 Å². The van der Waals surface area contributed by atoms with E-state index in [2.05, 4.69) is 24.9 Å². The third-order valence-corrected chi connectivity index (χ3v) is 4.89. The Hall–Kier alpha value is -3.08. The zero-order valence-corrected chi connectivity index (χ0v) is 16.9. The number of pyridine rings is 1. The molecule has 29 heavy (non-hydrogen) atoms. The second kappa shape index (κ2) is 8.52. The summed E-state index contributed by atoms with van der Waals surface area (Å²) in [5, 5.41) is 1.08. The molecule has 150 valence electrons. The molecule has 0 atom stereocenters. The Morgan fingerprint density at radius 2 is 1.86 bits per heavy atom. The van der Waals surface area contributed by atoms with Gasteiger partial charge in [0.05, 0.1) is 18.7 Å². The molecule has 0 radical (unpaired) electrons. The number of hydrogen-bond acceptors (Lipinski definition) is 4. The minimum absolute atomic E-state index is 0.0116. The van der Waals surface area contributed by atoms with Gasteiger partial charge in [0.15, 0.2) is 11.5 Å². The van der Waals surface area contributed by atoms with Gasteiger partial charge in [-0.05, 0) is 41.8 Å². The Morgan fingerprint density at radius 1 is 1.07 bits per heavy atom. The lowest BCUT2D eigenvalue weighted by atomic mass is 10.1. The summed E-state index contributed by atoms with van der Waals surface area (Å²) in [6.07, 6.45) is 2.70. The van der Waals surface area contributed by atoms with E-state index in [9.17, 15) is 4.79 Å². The second-order valence-corrected chi connectivity index (χ2v) is 7.83. The summed E-state index contributed by atoms with van der Waals surface area (Å²) < 4.78 is 11.4. The molecule has 0 bridgehead atoms. The molecule has 5 heteroatoms. The predicted molar refractivity (Wildman–Crippen MR) is 113 cm³/mol. The molecule has 0 fully saturated rings. The van der Waals surface area contributed by atoms with Crippen LogP contribution in [0.2, 0.25) is 0 Å². The Bertz CT molecular complexity index is 1020. The number of nitrogens with zero attached hydrogens (tertiary/aromatic N) is 2. The van der Waals surface area contributed by atoms with E-state index in [0.29, 0.717) is 49.3 Å². The van der Waals surface area contributed by atoms with Crippen molar-refractivity contribution in [1.82, 2.24) is 9.88 Å². The van der Waals surface area contributed by atoms with Gasteiger partial charge in [-0.15, -0.1) is 0 Å². The van der Waals surface area contributed by atoms with Crippen molar-refractivity contribution in [3.63, 3.8) is 0 Å². The van der Waals surface area contributed by atoms with Crippen molar-refractivity contribution in [3.05, 3.63) is 65.9 Å². The first-order valence-electron chi connectivity index (χ1n) is 10.1. The third-order valence-electron chi connectivity index (χ3n) is 4.89. The van der Waals surface area contributed by atoms with Crippen molar-refractivity contribution in [1.29, 1.82) is 0 Å². The van der Waals surface area contributed by atoms with Gasteiger partial charge in [-0.25, -0.2) is 0 Å². The molecule has 3 aromatic rings. The molecule has 0 N–H and O–H groups in total. The zero-order valence-electron chi connectivity index (χ0n) is 16.9. The fourth-order valence-corrected chi connectivity index (χ4v) is 3.56. The highest BCUT2D eigenvalue weighted by Gasteiger charge is 2.20. The summed E-state index contributed by atoms with van der Waals surface area (Å²) in [4.78, 5) is 19.8. The van der Waals surface area contributed by atoms with Gasteiger partial charge < -0.3 is 14.4 Å². The molecule has 1 aliphatic heterocycles. The maximum Gasteiger partial charge on any atom is 0.254 e. The number of para-hydroxylation sites is 1. The molecular formula is C24H26N2O3. The van der Waals surface area contributed by atoms with Crippen LogP contribution in [0.15, 0.2) is 54.7 Å². The lowest BCUT2D eigenvalue weighted by molar-refractivity contribution is 0.0722. The Labute approximate surface area is 171 Å². The molecule has 5 nitrogen and oxygen atoms in total. The maximum absolute atomic E-state index is 13.3. The number of ether oxygens (including phenoxy) is 2.